The van der Waals surface area contributed by atoms with Gasteiger partial charge in [0.2, 0.25) is 0 Å². The zero-order valence-corrected chi connectivity index (χ0v) is 8.23. The number of nitrogens with zero attached hydrogens (tertiary/aromatic N) is 1. The standard InChI is InChI=1S/C8H15NO2S/c1-8(10)11-12-7-6-9-4-2-3-5-9/h2-7H2,1H3. The summed E-state index contributed by atoms with van der Waals surface area (Å²) in [5.74, 6) is 0.681. The number of carbonyl (C=O) groups is 1. The maximum Gasteiger partial charge on any atom is 0.314 e. The Hall–Kier alpha value is -0.220. The predicted octanol–water partition coefficient (Wildman–Crippen LogP) is 1.29. The van der Waals surface area contributed by atoms with Gasteiger partial charge >= 0.3 is 5.97 Å². The molecule has 0 bridgehead atoms. The Kier molecular flexibility index (Phi) is 4.46. The summed E-state index contributed by atoms with van der Waals surface area (Å²) in [7, 11) is 0. The van der Waals surface area contributed by atoms with E-state index in [1.165, 1.54) is 44.9 Å². The Morgan fingerprint density at radius 1 is 1.50 bits per heavy atom. The smallest absolute Gasteiger partial charge is 0.314 e. The first-order valence-corrected chi connectivity index (χ1v) is 5.22. The molecule has 4 heteroatoms. The van der Waals surface area contributed by atoms with Crippen molar-refractivity contribution < 1.29 is 8.98 Å². The molecule has 1 saturated heterocycles. The van der Waals surface area contributed by atoms with Gasteiger partial charge in [-0.2, -0.15) is 0 Å². The first kappa shape index (κ1) is 9.86. The predicted molar refractivity (Wildman–Crippen MR) is 49.9 cm³/mol. The van der Waals surface area contributed by atoms with E-state index in [0.717, 1.165) is 12.3 Å². The van der Waals surface area contributed by atoms with Crippen LogP contribution in [0.5, 0.6) is 0 Å². The number of hydrogen-bond donors (Lipinski definition) is 0. The van der Waals surface area contributed by atoms with Crippen molar-refractivity contribution >= 4 is 18.0 Å². The number of carbonyl (C=O) groups excluding carboxylic acids is 1. The molecule has 1 aliphatic heterocycles. The molecule has 1 heterocycles. The summed E-state index contributed by atoms with van der Waals surface area (Å²) in [6.07, 6.45) is 2.64. The van der Waals surface area contributed by atoms with Crippen LogP contribution in [0.3, 0.4) is 0 Å². The molecule has 3 nitrogen and oxygen atoms in total. The molecule has 0 saturated carbocycles. The van der Waals surface area contributed by atoms with Gasteiger partial charge in [-0.25, -0.2) is 0 Å². The molecular formula is C8H15NO2S. The van der Waals surface area contributed by atoms with Crippen molar-refractivity contribution in [3.63, 3.8) is 0 Å². The fourth-order valence-corrected chi connectivity index (χ4v) is 1.88. The SMILES string of the molecule is CC(=O)OSCCN1CCCC1. The van der Waals surface area contributed by atoms with Crippen LogP contribution in [0, 0.1) is 0 Å². The Labute approximate surface area is 77.7 Å². The fourth-order valence-electron chi connectivity index (χ4n) is 1.30. The number of likely N-dealkylation sites (tertiary alicyclic amines) is 1. The molecule has 0 aromatic carbocycles. The van der Waals surface area contributed by atoms with Gasteiger partial charge in [-0.1, -0.05) is 0 Å². The van der Waals surface area contributed by atoms with Gasteiger partial charge in [-0.3, -0.25) is 4.79 Å². The minimum absolute atomic E-state index is 0.207. The van der Waals surface area contributed by atoms with Gasteiger partial charge in [-0.15, -0.1) is 0 Å². The van der Waals surface area contributed by atoms with E-state index in [2.05, 4.69) is 4.90 Å². The highest BCUT2D eigenvalue weighted by atomic mass is 32.2. The third-order valence-corrected chi connectivity index (χ3v) is 2.57. The van der Waals surface area contributed by atoms with E-state index in [0.29, 0.717) is 0 Å². The Morgan fingerprint density at radius 3 is 2.75 bits per heavy atom. The molecule has 0 amide bonds. The van der Waals surface area contributed by atoms with Crippen LogP contribution in [0.4, 0.5) is 0 Å². The first-order valence-electron chi connectivity index (χ1n) is 4.31. The lowest BCUT2D eigenvalue weighted by atomic mass is 10.4. The normalized spacial score (nSPS) is 18.1. The van der Waals surface area contributed by atoms with Crippen LogP contribution in [-0.2, 0) is 8.98 Å². The van der Waals surface area contributed by atoms with Crippen molar-refractivity contribution in [1.82, 2.24) is 4.90 Å². The molecule has 12 heavy (non-hydrogen) atoms. The quantitative estimate of drug-likeness (QED) is 0.492. The molecule has 0 atom stereocenters. The van der Waals surface area contributed by atoms with Crippen molar-refractivity contribution in [1.29, 1.82) is 0 Å². The van der Waals surface area contributed by atoms with Gasteiger partial charge in [-0.05, 0) is 25.9 Å². The Bertz CT molecular complexity index is 146. The van der Waals surface area contributed by atoms with E-state index in [1.54, 1.807) is 0 Å². The summed E-state index contributed by atoms with van der Waals surface area (Å²) in [5.41, 5.74) is 0. The van der Waals surface area contributed by atoms with Gasteiger partial charge in [0.25, 0.3) is 0 Å². The molecule has 1 aliphatic rings. The lowest BCUT2D eigenvalue weighted by molar-refractivity contribution is -0.130. The van der Waals surface area contributed by atoms with Crippen LogP contribution >= 0.6 is 12.0 Å². The van der Waals surface area contributed by atoms with Crippen molar-refractivity contribution in [2.24, 2.45) is 0 Å². The number of hydrogen-bond acceptors (Lipinski definition) is 4. The topological polar surface area (TPSA) is 29.5 Å². The number of rotatable bonds is 4. The van der Waals surface area contributed by atoms with Crippen LogP contribution in [0.1, 0.15) is 19.8 Å². The highest BCUT2D eigenvalue weighted by Gasteiger charge is 2.10. The zero-order valence-electron chi connectivity index (χ0n) is 7.41. The molecule has 0 N–H and O–H groups in total. The molecule has 0 spiro atoms. The van der Waals surface area contributed by atoms with E-state index in [9.17, 15) is 4.79 Å². The largest absolute Gasteiger partial charge is 0.392 e. The lowest BCUT2D eigenvalue weighted by Crippen LogP contribution is -2.22. The molecular weight excluding hydrogens is 174 g/mol. The van der Waals surface area contributed by atoms with E-state index in [-0.39, 0.29) is 5.97 Å². The van der Waals surface area contributed by atoms with Gasteiger partial charge in [0.15, 0.2) is 0 Å². The third kappa shape index (κ3) is 3.97. The summed E-state index contributed by atoms with van der Waals surface area (Å²) in [4.78, 5) is 12.8. The van der Waals surface area contributed by atoms with Crippen LogP contribution in [-0.4, -0.2) is 36.3 Å². The van der Waals surface area contributed by atoms with Gasteiger partial charge in [0, 0.05) is 19.2 Å². The third-order valence-electron chi connectivity index (χ3n) is 1.87. The maximum atomic E-state index is 10.4. The monoisotopic (exact) mass is 189 g/mol. The van der Waals surface area contributed by atoms with Gasteiger partial charge in [0.05, 0.1) is 12.0 Å². The second-order valence-corrected chi connectivity index (χ2v) is 3.76. The average Bonchev–Trinajstić information content (AvgIpc) is 2.49. The maximum absolute atomic E-state index is 10.4. The van der Waals surface area contributed by atoms with Crippen molar-refractivity contribution in [2.75, 3.05) is 25.4 Å². The van der Waals surface area contributed by atoms with Crippen molar-refractivity contribution in [2.45, 2.75) is 19.8 Å². The molecule has 0 unspecified atom stereocenters. The highest BCUT2D eigenvalue weighted by molar-refractivity contribution is 7.95. The minimum atomic E-state index is -0.207. The molecule has 0 aromatic heterocycles. The Morgan fingerprint density at radius 2 is 2.17 bits per heavy atom. The van der Waals surface area contributed by atoms with Crippen LogP contribution in [0.15, 0.2) is 0 Å². The van der Waals surface area contributed by atoms with Crippen molar-refractivity contribution in [3.8, 4) is 0 Å². The first-order chi connectivity index (χ1) is 5.79. The van der Waals surface area contributed by atoms with Crippen LogP contribution in [0.25, 0.3) is 0 Å². The molecule has 0 aromatic rings. The molecule has 1 rings (SSSR count). The second-order valence-electron chi connectivity index (χ2n) is 2.95. The molecule has 0 radical (unpaired) electrons. The Balaban J connectivity index is 1.91. The lowest BCUT2D eigenvalue weighted by Gasteiger charge is -2.12. The zero-order chi connectivity index (χ0) is 8.81. The second kappa shape index (κ2) is 5.43. The highest BCUT2D eigenvalue weighted by Crippen LogP contribution is 2.09. The van der Waals surface area contributed by atoms with Crippen LogP contribution in [0.2, 0.25) is 0 Å². The van der Waals surface area contributed by atoms with Crippen LogP contribution < -0.4 is 0 Å². The summed E-state index contributed by atoms with van der Waals surface area (Å²) in [6.45, 7) is 4.89. The molecule has 0 aliphatic carbocycles. The van der Waals surface area contributed by atoms with Gasteiger partial charge < -0.3 is 9.08 Å². The fraction of sp³-hybridized carbons (Fsp3) is 0.875. The average molecular weight is 189 g/mol. The summed E-state index contributed by atoms with van der Waals surface area (Å²) in [5, 5.41) is 0. The van der Waals surface area contributed by atoms with Crippen molar-refractivity contribution in [3.05, 3.63) is 0 Å². The minimum Gasteiger partial charge on any atom is -0.392 e. The van der Waals surface area contributed by atoms with E-state index >= 15 is 0 Å². The summed E-state index contributed by atoms with van der Waals surface area (Å²) < 4.78 is 4.75. The summed E-state index contributed by atoms with van der Waals surface area (Å²) in [6, 6.07) is 0. The van der Waals surface area contributed by atoms with E-state index in [1.807, 2.05) is 0 Å². The molecule has 70 valence electrons. The van der Waals surface area contributed by atoms with E-state index < -0.39 is 0 Å². The van der Waals surface area contributed by atoms with E-state index in [4.69, 9.17) is 4.18 Å². The van der Waals surface area contributed by atoms with Gasteiger partial charge in [0.1, 0.15) is 0 Å². The molecule has 1 fully saturated rings. The summed E-state index contributed by atoms with van der Waals surface area (Å²) >= 11 is 1.26.